The Labute approximate surface area is 92.1 Å². The van der Waals surface area contributed by atoms with Crippen molar-refractivity contribution in [1.82, 2.24) is 4.98 Å². The van der Waals surface area contributed by atoms with Crippen molar-refractivity contribution in [3.05, 3.63) is 23.9 Å². The van der Waals surface area contributed by atoms with Gasteiger partial charge in [0, 0.05) is 19.3 Å². The fourth-order valence-electron chi connectivity index (χ4n) is 1.34. The number of hydrogen-bond donors (Lipinski definition) is 1. The first-order valence-electron chi connectivity index (χ1n) is 4.87. The van der Waals surface area contributed by atoms with Gasteiger partial charge in [-0.15, -0.1) is 0 Å². The smallest absolute Gasteiger partial charge is 0.346 e. The summed E-state index contributed by atoms with van der Waals surface area (Å²) < 4.78 is 36.9. The molecule has 0 aromatic carbocycles. The number of nitrogens with zero attached hydrogens (tertiary/aromatic N) is 2. The maximum absolute atomic E-state index is 12.3. The minimum atomic E-state index is -4.25. The fraction of sp³-hybridized carbons (Fsp3) is 0.500. The lowest BCUT2D eigenvalue weighted by Gasteiger charge is -2.24. The predicted molar refractivity (Wildman–Crippen MR) is 56.3 cm³/mol. The molecule has 0 atom stereocenters. The molecule has 16 heavy (non-hydrogen) atoms. The Balaban J connectivity index is 2.85. The fourth-order valence-corrected chi connectivity index (χ4v) is 1.34. The van der Waals surface area contributed by atoms with Crippen LogP contribution in [0.25, 0.3) is 0 Å². The van der Waals surface area contributed by atoms with E-state index in [1.54, 1.807) is 19.1 Å². The topological polar surface area (TPSA) is 42.2 Å². The summed E-state index contributed by atoms with van der Waals surface area (Å²) in [5, 5.41) is 0. The van der Waals surface area contributed by atoms with Gasteiger partial charge in [0.05, 0.1) is 0 Å². The number of halogens is 3. The summed E-state index contributed by atoms with van der Waals surface area (Å²) in [6, 6.07) is 3.35. The molecule has 0 saturated carbocycles. The molecule has 1 heterocycles. The van der Waals surface area contributed by atoms with Crippen molar-refractivity contribution in [2.24, 2.45) is 5.73 Å². The molecule has 1 aromatic rings. The molecule has 0 saturated heterocycles. The Hall–Kier alpha value is -1.30. The third-order valence-electron chi connectivity index (χ3n) is 1.99. The van der Waals surface area contributed by atoms with Crippen molar-refractivity contribution >= 4 is 5.82 Å². The highest BCUT2D eigenvalue weighted by molar-refractivity contribution is 5.40. The van der Waals surface area contributed by atoms with E-state index in [0.29, 0.717) is 5.82 Å². The van der Waals surface area contributed by atoms with Gasteiger partial charge in [-0.1, -0.05) is 0 Å². The average molecular weight is 233 g/mol. The molecule has 0 fully saturated rings. The van der Waals surface area contributed by atoms with E-state index in [1.165, 1.54) is 6.20 Å². The van der Waals surface area contributed by atoms with Crippen LogP contribution < -0.4 is 10.6 Å². The maximum Gasteiger partial charge on any atom is 0.405 e. The Kier molecular flexibility index (Phi) is 4.12. The van der Waals surface area contributed by atoms with Crippen LogP contribution in [0.5, 0.6) is 0 Å². The second-order valence-corrected chi connectivity index (χ2v) is 3.52. The van der Waals surface area contributed by atoms with E-state index in [9.17, 15) is 13.2 Å². The highest BCUT2D eigenvalue weighted by Gasteiger charge is 2.31. The molecular weight excluding hydrogens is 219 g/mol. The number of hydrogen-bond acceptors (Lipinski definition) is 3. The molecule has 0 amide bonds. The summed E-state index contributed by atoms with van der Waals surface area (Å²) in [6.45, 7) is 1.07. The van der Waals surface area contributed by atoms with E-state index in [0.717, 1.165) is 10.5 Å². The Morgan fingerprint density at radius 2 is 2.12 bits per heavy atom. The number of anilines is 1. The molecule has 3 nitrogen and oxygen atoms in total. The first-order valence-corrected chi connectivity index (χ1v) is 4.87. The second kappa shape index (κ2) is 5.16. The van der Waals surface area contributed by atoms with Gasteiger partial charge in [-0.3, -0.25) is 0 Å². The maximum atomic E-state index is 12.3. The standard InChI is InChI=1S/C10H14F3N3/c1-8-2-4-15-9(6-8)16(5-3-14)7-10(11,12)13/h2,4,6H,3,5,7,14H2,1H3. The van der Waals surface area contributed by atoms with Crippen LogP contribution in [0.2, 0.25) is 0 Å². The monoisotopic (exact) mass is 233 g/mol. The van der Waals surface area contributed by atoms with Gasteiger partial charge >= 0.3 is 6.18 Å². The number of alkyl halides is 3. The zero-order valence-electron chi connectivity index (χ0n) is 8.96. The molecular formula is C10H14F3N3. The van der Waals surface area contributed by atoms with Crippen LogP contribution in [0.4, 0.5) is 19.0 Å². The van der Waals surface area contributed by atoms with Gasteiger partial charge in [0.25, 0.3) is 0 Å². The SMILES string of the molecule is Cc1ccnc(N(CCN)CC(F)(F)F)c1. The molecule has 0 spiro atoms. The van der Waals surface area contributed by atoms with Crippen LogP contribution in [-0.4, -0.2) is 30.8 Å². The molecule has 0 bridgehead atoms. The van der Waals surface area contributed by atoms with Gasteiger partial charge in [-0.05, 0) is 24.6 Å². The molecule has 1 rings (SSSR count). The Morgan fingerprint density at radius 3 is 2.62 bits per heavy atom. The zero-order valence-corrected chi connectivity index (χ0v) is 8.96. The van der Waals surface area contributed by atoms with Crippen molar-refractivity contribution in [3.63, 3.8) is 0 Å². The Morgan fingerprint density at radius 1 is 1.44 bits per heavy atom. The summed E-state index contributed by atoms with van der Waals surface area (Å²) in [7, 11) is 0. The predicted octanol–water partition coefficient (Wildman–Crippen LogP) is 1.72. The number of aryl methyl sites for hydroxylation is 1. The Bertz CT molecular complexity index is 338. The highest BCUT2D eigenvalue weighted by Crippen LogP contribution is 2.20. The third kappa shape index (κ3) is 4.06. The summed E-state index contributed by atoms with van der Waals surface area (Å²) in [4.78, 5) is 5.05. The van der Waals surface area contributed by atoms with Crippen molar-refractivity contribution in [2.75, 3.05) is 24.5 Å². The summed E-state index contributed by atoms with van der Waals surface area (Å²) in [5.41, 5.74) is 6.16. The largest absolute Gasteiger partial charge is 0.405 e. The van der Waals surface area contributed by atoms with Crippen molar-refractivity contribution in [3.8, 4) is 0 Å². The van der Waals surface area contributed by atoms with E-state index < -0.39 is 12.7 Å². The minimum absolute atomic E-state index is 0.135. The summed E-state index contributed by atoms with van der Waals surface area (Å²) >= 11 is 0. The quantitative estimate of drug-likeness (QED) is 0.861. The lowest BCUT2D eigenvalue weighted by molar-refractivity contribution is -0.119. The normalized spacial score (nSPS) is 11.6. The van der Waals surface area contributed by atoms with Crippen LogP contribution >= 0.6 is 0 Å². The molecule has 0 unspecified atom stereocenters. The van der Waals surface area contributed by atoms with Gasteiger partial charge in [0.15, 0.2) is 0 Å². The van der Waals surface area contributed by atoms with Crippen LogP contribution in [-0.2, 0) is 0 Å². The molecule has 0 aliphatic heterocycles. The lowest BCUT2D eigenvalue weighted by Crippen LogP contribution is -2.38. The number of aromatic nitrogens is 1. The van der Waals surface area contributed by atoms with Crippen LogP contribution in [0.3, 0.4) is 0 Å². The molecule has 0 aliphatic carbocycles. The number of nitrogens with two attached hydrogens (primary N) is 1. The molecule has 0 aliphatic rings. The van der Waals surface area contributed by atoms with Gasteiger partial charge in [-0.2, -0.15) is 13.2 Å². The van der Waals surface area contributed by atoms with Gasteiger partial charge < -0.3 is 10.6 Å². The van der Waals surface area contributed by atoms with Crippen LogP contribution in [0.1, 0.15) is 5.56 Å². The average Bonchev–Trinajstić information content (AvgIpc) is 2.15. The second-order valence-electron chi connectivity index (χ2n) is 3.52. The van der Waals surface area contributed by atoms with Crippen molar-refractivity contribution in [1.29, 1.82) is 0 Å². The number of rotatable bonds is 4. The molecule has 90 valence electrons. The summed E-state index contributed by atoms with van der Waals surface area (Å²) in [6.07, 6.45) is -2.76. The van der Waals surface area contributed by atoms with E-state index in [2.05, 4.69) is 4.98 Å². The molecule has 2 N–H and O–H groups in total. The first kappa shape index (κ1) is 12.8. The summed E-state index contributed by atoms with van der Waals surface area (Å²) in [5.74, 6) is 0.308. The third-order valence-corrected chi connectivity index (χ3v) is 1.99. The zero-order chi connectivity index (χ0) is 12.2. The number of pyridine rings is 1. The van der Waals surface area contributed by atoms with E-state index in [4.69, 9.17) is 5.73 Å². The first-order chi connectivity index (χ1) is 7.42. The van der Waals surface area contributed by atoms with Crippen LogP contribution in [0, 0.1) is 6.92 Å². The van der Waals surface area contributed by atoms with Gasteiger partial charge in [0.1, 0.15) is 12.4 Å². The highest BCUT2D eigenvalue weighted by atomic mass is 19.4. The minimum Gasteiger partial charge on any atom is -0.346 e. The van der Waals surface area contributed by atoms with Gasteiger partial charge in [-0.25, -0.2) is 4.98 Å². The van der Waals surface area contributed by atoms with E-state index in [1.807, 2.05) is 0 Å². The molecule has 6 heteroatoms. The van der Waals surface area contributed by atoms with E-state index in [-0.39, 0.29) is 13.1 Å². The van der Waals surface area contributed by atoms with Gasteiger partial charge in [0.2, 0.25) is 0 Å². The van der Waals surface area contributed by atoms with Crippen molar-refractivity contribution < 1.29 is 13.2 Å². The lowest BCUT2D eigenvalue weighted by atomic mass is 10.3. The van der Waals surface area contributed by atoms with Crippen LogP contribution in [0.15, 0.2) is 18.3 Å². The van der Waals surface area contributed by atoms with Crippen molar-refractivity contribution in [2.45, 2.75) is 13.1 Å². The molecule has 1 aromatic heterocycles. The van der Waals surface area contributed by atoms with E-state index >= 15 is 0 Å². The molecule has 0 radical (unpaired) electrons.